The van der Waals surface area contributed by atoms with E-state index in [1.807, 2.05) is 30.3 Å². The standard InChI is InChI=1S/C26H26N4O5/c1-27-14-20(23(32)29(3)25(27)34)12-18-10-17(16-8-6-5-7-9-16)11-19(22(18)31)13-21-15-28(2)26(35)30(4)24(21)33/h5-9,12-15,17H,10-11H2,1-4H3/b18-12+,19-13+. The van der Waals surface area contributed by atoms with Gasteiger partial charge in [0.2, 0.25) is 0 Å². The molecule has 0 radical (unpaired) electrons. The topological polar surface area (TPSA) is 105 Å². The Morgan fingerprint density at radius 3 is 1.54 bits per heavy atom. The van der Waals surface area contributed by atoms with Gasteiger partial charge in [0.25, 0.3) is 11.1 Å². The van der Waals surface area contributed by atoms with Gasteiger partial charge >= 0.3 is 11.4 Å². The van der Waals surface area contributed by atoms with Gasteiger partial charge in [0.05, 0.1) is 11.1 Å². The molecule has 1 saturated carbocycles. The van der Waals surface area contributed by atoms with Crippen LogP contribution in [0.5, 0.6) is 0 Å². The smallest absolute Gasteiger partial charge is 0.303 e. The van der Waals surface area contributed by atoms with Crippen molar-refractivity contribution in [1.29, 1.82) is 0 Å². The number of nitrogens with zero attached hydrogens (tertiary/aromatic N) is 4. The third kappa shape index (κ3) is 4.44. The minimum absolute atomic E-state index is 0.0563. The average molecular weight is 475 g/mol. The maximum Gasteiger partial charge on any atom is 0.330 e. The minimum atomic E-state index is -0.493. The molecule has 2 aromatic heterocycles. The second kappa shape index (κ2) is 9.17. The quantitative estimate of drug-likeness (QED) is 0.529. The van der Waals surface area contributed by atoms with Crippen LogP contribution in [0.3, 0.4) is 0 Å². The first-order chi connectivity index (χ1) is 16.6. The lowest BCUT2D eigenvalue weighted by Crippen LogP contribution is -2.38. The van der Waals surface area contributed by atoms with Crippen LogP contribution < -0.4 is 22.5 Å². The summed E-state index contributed by atoms with van der Waals surface area (Å²) in [6, 6.07) is 9.71. The number of benzene rings is 1. The predicted octanol–water partition coefficient (Wildman–Crippen LogP) is 1.10. The number of hydrogen-bond acceptors (Lipinski definition) is 5. The van der Waals surface area contributed by atoms with Crippen molar-refractivity contribution < 1.29 is 4.79 Å². The Bertz CT molecular complexity index is 1530. The lowest BCUT2D eigenvalue weighted by molar-refractivity contribution is -0.113. The zero-order valence-corrected chi connectivity index (χ0v) is 20.0. The van der Waals surface area contributed by atoms with E-state index in [2.05, 4.69) is 0 Å². The molecular weight excluding hydrogens is 448 g/mol. The number of hydrogen-bond donors (Lipinski definition) is 0. The van der Waals surface area contributed by atoms with Gasteiger partial charge in [-0.2, -0.15) is 0 Å². The summed E-state index contributed by atoms with van der Waals surface area (Å²) in [6.45, 7) is 0. The molecular formula is C26H26N4O5. The second-order valence-corrected chi connectivity index (χ2v) is 8.87. The number of rotatable bonds is 3. The molecule has 2 heterocycles. The van der Waals surface area contributed by atoms with E-state index >= 15 is 0 Å². The summed E-state index contributed by atoms with van der Waals surface area (Å²) >= 11 is 0. The molecule has 1 fully saturated rings. The van der Waals surface area contributed by atoms with Crippen LogP contribution in [0.25, 0.3) is 12.2 Å². The van der Waals surface area contributed by atoms with Gasteiger partial charge in [0, 0.05) is 51.7 Å². The SMILES string of the molecule is Cn1cc(/C=C2\CC(c3ccccc3)C/C(=C\c3cn(C)c(=O)n(C)c3=O)C2=O)c(=O)n(C)c1=O. The molecule has 4 rings (SSSR count). The van der Waals surface area contributed by atoms with Crippen molar-refractivity contribution in [2.24, 2.45) is 28.2 Å². The van der Waals surface area contributed by atoms with Crippen LogP contribution in [-0.4, -0.2) is 24.1 Å². The first-order valence-electron chi connectivity index (χ1n) is 11.1. The fourth-order valence-electron chi connectivity index (χ4n) is 4.45. The van der Waals surface area contributed by atoms with Gasteiger partial charge in [-0.1, -0.05) is 30.3 Å². The molecule has 0 atom stereocenters. The van der Waals surface area contributed by atoms with Gasteiger partial charge in [-0.15, -0.1) is 0 Å². The molecule has 0 saturated heterocycles. The number of allylic oxidation sites excluding steroid dienone is 2. The number of Topliss-reactive ketones (excluding diaryl/α,β-unsaturated/α-hetero) is 1. The van der Waals surface area contributed by atoms with Gasteiger partial charge in [0.1, 0.15) is 0 Å². The highest BCUT2D eigenvalue weighted by molar-refractivity contribution is 6.14. The van der Waals surface area contributed by atoms with Gasteiger partial charge < -0.3 is 9.13 Å². The van der Waals surface area contributed by atoms with E-state index in [4.69, 9.17) is 0 Å². The number of ketones is 1. The summed E-state index contributed by atoms with van der Waals surface area (Å²) in [5, 5.41) is 0. The van der Waals surface area contributed by atoms with E-state index in [1.165, 1.54) is 47.8 Å². The molecule has 0 unspecified atom stereocenters. The summed E-state index contributed by atoms with van der Waals surface area (Å²) in [4.78, 5) is 63.1. The van der Waals surface area contributed by atoms with E-state index in [0.717, 1.165) is 14.7 Å². The van der Waals surface area contributed by atoms with E-state index in [-0.39, 0.29) is 22.8 Å². The summed E-state index contributed by atoms with van der Waals surface area (Å²) in [5.41, 5.74) is 0.398. The molecule has 3 aromatic rings. The van der Waals surface area contributed by atoms with Crippen molar-refractivity contribution in [2.45, 2.75) is 18.8 Å². The van der Waals surface area contributed by atoms with Crippen molar-refractivity contribution in [3.8, 4) is 0 Å². The Balaban J connectivity index is 1.89. The molecule has 0 aliphatic heterocycles. The molecule has 35 heavy (non-hydrogen) atoms. The van der Waals surface area contributed by atoms with Crippen molar-refractivity contribution in [2.75, 3.05) is 0 Å². The van der Waals surface area contributed by atoms with Crippen LogP contribution in [0.1, 0.15) is 35.4 Å². The molecule has 0 spiro atoms. The van der Waals surface area contributed by atoms with Gasteiger partial charge in [-0.25, -0.2) is 9.59 Å². The van der Waals surface area contributed by atoms with Gasteiger partial charge in [-0.05, 0) is 36.5 Å². The lowest BCUT2D eigenvalue weighted by Gasteiger charge is -2.26. The van der Waals surface area contributed by atoms with E-state index in [0.29, 0.717) is 24.0 Å². The second-order valence-electron chi connectivity index (χ2n) is 8.87. The first kappa shape index (κ1) is 23.9. The Morgan fingerprint density at radius 2 is 1.11 bits per heavy atom. The highest BCUT2D eigenvalue weighted by Gasteiger charge is 2.29. The molecule has 0 amide bonds. The predicted molar refractivity (Wildman–Crippen MR) is 133 cm³/mol. The fourth-order valence-corrected chi connectivity index (χ4v) is 4.45. The third-order valence-electron chi connectivity index (χ3n) is 6.39. The average Bonchev–Trinajstić information content (AvgIpc) is 2.85. The molecule has 9 nitrogen and oxygen atoms in total. The Morgan fingerprint density at radius 1 is 0.686 bits per heavy atom. The molecule has 1 aromatic carbocycles. The number of carbonyl (C=O) groups excluding carboxylic acids is 1. The fraction of sp³-hybridized carbons (Fsp3) is 0.269. The van der Waals surface area contributed by atoms with Crippen molar-refractivity contribution >= 4 is 17.9 Å². The summed E-state index contributed by atoms with van der Waals surface area (Å²) in [5.74, 6) is -0.330. The Labute approximate surface area is 200 Å². The zero-order valence-electron chi connectivity index (χ0n) is 20.0. The maximum atomic E-state index is 13.5. The third-order valence-corrected chi connectivity index (χ3v) is 6.39. The number of aromatic nitrogens is 4. The Hall–Kier alpha value is -4.27. The summed E-state index contributed by atoms with van der Waals surface area (Å²) in [6.07, 6.45) is 6.71. The normalized spacial score (nSPS) is 18.4. The largest absolute Gasteiger partial charge is 0.330 e. The van der Waals surface area contributed by atoms with Crippen molar-refractivity contribution in [3.05, 3.63) is 112 Å². The van der Waals surface area contributed by atoms with Crippen LogP contribution >= 0.6 is 0 Å². The molecule has 180 valence electrons. The van der Waals surface area contributed by atoms with E-state index in [1.54, 1.807) is 14.1 Å². The highest BCUT2D eigenvalue weighted by atomic mass is 16.2. The highest BCUT2D eigenvalue weighted by Crippen LogP contribution is 2.38. The number of aryl methyl sites for hydroxylation is 2. The lowest BCUT2D eigenvalue weighted by atomic mass is 9.77. The van der Waals surface area contributed by atoms with Crippen molar-refractivity contribution in [1.82, 2.24) is 18.3 Å². The molecule has 0 N–H and O–H groups in total. The van der Waals surface area contributed by atoms with Gasteiger partial charge in [-0.3, -0.25) is 23.5 Å². The van der Waals surface area contributed by atoms with E-state index in [9.17, 15) is 24.0 Å². The molecule has 1 aliphatic carbocycles. The molecule has 1 aliphatic rings. The van der Waals surface area contributed by atoms with Crippen LogP contribution in [0.2, 0.25) is 0 Å². The monoisotopic (exact) mass is 474 g/mol. The van der Waals surface area contributed by atoms with Crippen LogP contribution in [0, 0.1) is 0 Å². The molecule has 9 heteroatoms. The zero-order chi connectivity index (χ0) is 25.4. The van der Waals surface area contributed by atoms with Gasteiger partial charge in [0.15, 0.2) is 5.78 Å². The maximum absolute atomic E-state index is 13.5. The minimum Gasteiger partial charge on any atom is -0.303 e. The van der Waals surface area contributed by atoms with Crippen LogP contribution in [0.15, 0.2) is 73.0 Å². The number of carbonyl (C=O) groups is 1. The summed E-state index contributed by atoms with van der Waals surface area (Å²) < 4.78 is 4.58. The van der Waals surface area contributed by atoms with E-state index < -0.39 is 22.5 Å². The summed E-state index contributed by atoms with van der Waals surface area (Å²) in [7, 11) is 5.87. The van der Waals surface area contributed by atoms with Crippen LogP contribution in [0.4, 0.5) is 0 Å². The first-order valence-corrected chi connectivity index (χ1v) is 11.1. The molecule has 0 bridgehead atoms. The van der Waals surface area contributed by atoms with Crippen molar-refractivity contribution in [3.63, 3.8) is 0 Å². The van der Waals surface area contributed by atoms with Crippen LogP contribution in [-0.2, 0) is 33.0 Å². The Kier molecular flexibility index (Phi) is 6.26.